The maximum atomic E-state index is 14.0. The van der Waals surface area contributed by atoms with E-state index in [0.29, 0.717) is 23.5 Å². The number of nitrogens with one attached hydrogen (secondary N) is 1. The van der Waals surface area contributed by atoms with Crippen molar-refractivity contribution in [3.05, 3.63) is 30.1 Å². The summed E-state index contributed by atoms with van der Waals surface area (Å²) in [4.78, 5) is 15.4. The number of amides is 2. The molecule has 1 aromatic carbocycles. The lowest BCUT2D eigenvalue weighted by atomic mass is 9.52. The van der Waals surface area contributed by atoms with Crippen LogP contribution in [0.15, 0.2) is 24.3 Å². The molecule has 4 atom stereocenters. The Balaban J connectivity index is 1.11. The lowest BCUT2D eigenvalue weighted by molar-refractivity contribution is -0.137. The average molecular weight is 415 g/mol. The Kier molecular flexibility index (Phi) is 4.31. The van der Waals surface area contributed by atoms with Crippen molar-refractivity contribution in [2.45, 2.75) is 87.6 Å². The van der Waals surface area contributed by atoms with Gasteiger partial charge in [-0.2, -0.15) is 0 Å². The van der Waals surface area contributed by atoms with Gasteiger partial charge in [-0.25, -0.2) is 9.18 Å². The van der Waals surface area contributed by atoms with Gasteiger partial charge in [-0.15, -0.1) is 0 Å². The van der Waals surface area contributed by atoms with Gasteiger partial charge in [0.2, 0.25) is 0 Å². The second-order valence-corrected chi connectivity index (χ2v) is 10.6. The fraction of sp³-hybridized carbons (Fsp3) is 0.708. The number of piperidine rings is 1. The Morgan fingerprint density at radius 1 is 1.07 bits per heavy atom. The maximum Gasteiger partial charge on any atom is 0.318 e. The number of halogens is 1. The van der Waals surface area contributed by atoms with Gasteiger partial charge in [-0.05, 0) is 74.8 Å². The van der Waals surface area contributed by atoms with E-state index in [2.05, 4.69) is 10.2 Å². The van der Waals surface area contributed by atoms with E-state index in [-0.39, 0.29) is 36.1 Å². The van der Waals surface area contributed by atoms with E-state index < -0.39 is 5.60 Å². The van der Waals surface area contributed by atoms with E-state index in [1.54, 1.807) is 18.2 Å². The molecule has 0 radical (unpaired) electrons. The lowest BCUT2D eigenvalue weighted by Gasteiger charge is -2.58. The number of carbonyl (C=O) groups is 1. The van der Waals surface area contributed by atoms with Crippen LogP contribution in [0.4, 0.5) is 9.18 Å². The van der Waals surface area contributed by atoms with Crippen LogP contribution in [0.5, 0.6) is 5.75 Å². The Morgan fingerprint density at radius 3 is 2.37 bits per heavy atom. The van der Waals surface area contributed by atoms with Crippen molar-refractivity contribution in [1.82, 2.24) is 10.2 Å². The van der Waals surface area contributed by atoms with Gasteiger partial charge in [0, 0.05) is 31.0 Å². The van der Waals surface area contributed by atoms with Gasteiger partial charge in [0.05, 0.1) is 5.60 Å². The second kappa shape index (κ2) is 6.84. The first-order valence-corrected chi connectivity index (χ1v) is 11.7. The molecule has 4 saturated carbocycles. The number of para-hydroxylation sites is 1. The van der Waals surface area contributed by atoms with Crippen LogP contribution in [0.1, 0.15) is 57.8 Å². The number of nitrogens with zero attached hydrogens (tertiary/aromatic N) is 1. The van der Waals surface area contributed by atoms with Gasteiger partial charge in [0.1, 0.15) is 6.10 Å². The van der Waals surface area contributed by atoms with Crippen LogP contribution in [-0.4, -0.2) is 45.9 Å². The standard InChI is InChI=1S/C24H31FN2O3/c25-20-3-1-2-4-21(20)30-19-9-17-5-6-18(10-19)27(17)23(28)26-22-15-7-14-8-16(22)13-24(29,11-14)12-15/h1-4,14-19,22,29H,5-13H2,(H,26,28). The molecular formula is C24H31FN2O3. The van der Waals surface area contributed by atoms with Gasteiger partial charge in [0.15, 0.2) is 11.6 Å². The molecule has 4 unspecified atom stereocenters. The van der Waals surface area contributed by atoms with Crippen LogP contribution >= 0.6 is 0 Å². The fourth-order valence-corrected chi connectivity index (χ4v) is 7.71. The first-order chi connectivity index (χ1) is 14.5. The number of carbonyl (C=O) groups excluding carboxylic acids is 1. The van der Waals surface area contributed by atoms with Crippen LogP contribution in [0.3, 0.4) is 0 Å². The SMILES string of the molecule is O=C(NC1C2CC3CC1CC(O)(C3)C2)N1C2CCC1CC(Oc1ccccc1F)C2. The molecule has 6 aliphatic rings. The average Bonchev–Trinajstić information content (AvgIpc) is 2.96. The van der Waals surface area contributed by atoms with Gasteiger partial charge in [-0.1, -0.05) is 12.1 Å². The van der Waals surface area contributed by atoms with Crippen molar-refractivity contribution in [2.75, 3.05) is 0 Å². The molecule has 2 heterocycles. The van der Waals surface area contributed by atoms with Crippen molar-refractivity contribution < 1.29 is 19.0 Å². The van der Waals surface area contributed by atoms with Crippen molar-refractivity contribution in [2.24, 2.45) is 17.8 Å². The molecule has 2 aliphatic heterocycles. The highest BCUT2D eigenvalue weighted by atomic mass is 19.1. The Morgan fingerprint density at radius 2 is 1.73 bits per heavy atom. The molecule has 2 amide bonds. The monoisotopic (exact) mass is 414 g/mol. The van der Waals surface area contributed by atoms with Crippen LogP contribution in [-0.2, 0) is 0 Å². The molecule has 0 aromatic heterocycles. The molecule has 6 fully saturated rings. The van der Waals surface area contributed by atoms with E-state index >= 15 is 0 Å². The maximum absolute atomic E-state index is 14.0. The summed E-state index contributed by atoms with van der Waals surface area (Å²) in [6, 6.07) is 7.17. The number of fused-ring (bicyclic) bond motifs is 2. The smallest absolute Gasteiger partial charge is 0.318 e. The molecule has 0 spiro atoms. The first-order valence-electron chi connectivity index (χ1n) is 11.7. The van der Waals surface area contributed by atoms with Crippen LogP contribution < -0.4 is 10.1 Å². The molecule has 5 nitrogen and oxygen atoms in total. The number of urea groups is 1. The van der Waals surface area contributed by atoms with Crippen LogP contribution in [0.25, 0.3) is 0 Å². The molecule has 4 aliphatic carbocycles. The summed E-state index contributed by atoms with van der Waals surface area (Å²) in [6.07, 6.45) is 8.41. The third-order valence-corrected chi connectivity index (χ3v) is 8.59. The lowest BCUT2D eigenvalue weighted by Crippen LogP contribution is -2.64. The largest absolute Gasteiger partial charge is 0.487 e. The van der Waals surface area contributed by atoms with Gasteiger partial charge in [0.25, 0.3) is 0 Å². The molecule has 6 heteroatoms. The fourth-order valence-electron chi connectivity index (χ4n) is 7.71. The summed E-state index contributed by atoms with van der Waals surface area (Å²) in [5.41, 5.74) is -0.473. The summed E-state index contributed by atoms with van der Waals surface area (Å²) in [5.74, 6) is 1.47. The zero-order valence-electron chi connectivity index (χ0n) is 17.3. The van der Waals surface area contributed by atoms with E-state index in [1.807, 2.05) is 0 Å². The zero-order chi connectivity index (χ0) is 20.5. The first kappa shape index (κ1) is 18.9. The predicted molar refractivity (Wildman–Crippen MR) is 110 cm³/mol. The Hall–Kier alpha value is -1.82. The third kappa shape index (κ3) is 3.10. The third-order valence-electron chi connectivity index (χ3n) is 8.59. The number of hydrogen-bond acceptors (Lipinski definition) is 3. The summed E-state index contributed by atoms with van der Waals surface area (Å²) in [5, 5.41) is 14.2. The highest BCUT2D eigenvalue weighted by Gasteiger charge is 2.55. The number of aliphatic hydroxyl groups is 1. The number of hydrogen-bond donors (Lipinski definition) is 2. The molecule has 30 heavy (non-hydrogen) atoms. The molecule has 7 rings (SSSR count). The topological polar surface area (TPSA) is 61.8 Å². The van der Waals surface area contributed by atoms with E-state index in [0.717, 1.165) is 57.8 Å². The van der Waals surface area contributed by atoms with Gasteiger partial charge < -0.3 is 20.1 Å². The van der Waals surface area contributed by atoms with E-state index in [9.17, 15) is 14.3 Å². The number of rotatable bonds is 3. The summed E-state index contributed by atoms with van der Waals surface area (Å²) in [6.45, 7) is 0. The minimum atomic E-state index is -0.473. The minimum Gasteiger partial charge on any atom is -0.487 e. The highest BCUT2D eigenvalue weighted by Crippen LogP contribution is 2.55. The van der Waals surface area contributed by atoms with E-state index in [1.165, 1.54) is 6.07 Å². The van der Waals surface area contributed by atoms with Gasteiger partial charge in [-0.3, -0.25) is 0 Å². The van der Waals surface area contributed by atoms with Crippen LogP contribution in [0, 0.1) is 23.6 Å². The van der Waals surface area contributed by atoms with Crippen molar-refractivity contribution in [1.29, 1.82) is 0 Å². The quantitative estimate of drug-likeness (QED) is 0.790. The highest BCUT2D eigenvalue weighted by molar-refractivity contribution is 5.76. The van der Waals surface area contributed by atoms with E-state index in [4.69, 9.17) is 4.74 Å². The molecular weight excluding hydrogens is 383 g/mol. The Labute approximate surface area is 177 Å². The van der Waals surface area contributed by atoms with Crippen molar-refractivity contribution in [3.8, 4) is 5.75 Å². The normalized spacial score (nSPS) is 43.7. The van der Waals surface area contributed by atoms with Crippen LogP contribution in [0.2, 0.25) is 0 Å². The number of ether oxygens (including phenoxy) is 1. The predicted octanol–water partition coefficient (Wildman–Crippen LogP) is 3.85. The molecule has 6 bridgehead atoms. The van der Waals surface area contributed by atoms with Crippen molar-refractivity contribution >= 4 is 6.03 Å². The van der Waals surface area contributed by atoms with Crippen molar-refractivity contribution in [3.63, 3.8) is 0 Å². The second-order valence-electron chi connectivity index (χ2n) is 10.6. The molecule has 2 saturated heterocycles. The molecule has 1 aromatic rings. The molecule has 162 valence electrons. The van der Waals surface area contributed by atoms with Gasteiger partial charge >= 0.3 is 6.03 Å². The summed E-state index contributed by atoms with van der Waals surface area (Å²) >= 11 is 0. The Bertz CT molecular complexity index is 817. The minimum absolute atomic E-state index is 0.0427. The molecule has 2 N–H and O–H groups in total. The summed E-state index contributed by atoms with van der Waals surface area (Å²) in [7, 11) is 0. The summed E-state index contributed by atoms with van der Waals surface area (Å²) < 4.78 is 19.9. The number of benzene rings is 1. The zero-order valence-corrected chi connectivity index (χ0v) is 17.3.